The molecule has 2 rings (SSSR count). The first-order valence-electron chi connectivity index (χ1n) is 11.5. The largest absolute Gasteiger partial charge is 0.508 e. The van der Waals surface area contributed by atoms with E-state index in [1.807, 2.05) is 12.1 Å². The van der Waals surface area contributed by atoms with Crippen molar-refractivity contribution in [3.05, 3.63) is 57.6 Å². The maximum atomic E-state index is 10.9. The van der Waals surface area contributed by atoms with Crippen LogP contribution in [0.25, 0.3) is 0 Å². The molecule has 0 aliphatic heterocycles. The molecule has 0 aromatic heterocycles. The highest BCUT2D eigenvalue weighted by Gasteiger charge is 2.29. The zero-order valence-corrected chi connectivity index (χ0v) is 21.9. The number of phenols is 2. The highest BCUT2D eigenvalue weighted by Crippen LogP contribution is 2.41. The number of hydrogen-bond donors (Lipinski definition) is 2. The van der Waals surface area contributed by atoms with Gasteiger partial charge in [-0.25, -0.2) is 0 Å². The second kappa shape index (κ2) is 7.87. The summed E-state index contributed by atoms with van der Waals surface area (Å²) < 4.78 is 0. The van der Waals surface area contributed by atoms with Crippen molar-refractivity contribution >= 4 is 0 Å². The van der Waals surface area contributed by atoms with Gasteiger partial charge in [0.2, 0.25) is 0 Å². The van der Waals surface area contributed by atoms with Crippen LogP contribution in [0.5, 0.6) is 11.5 Å². The van der Waals surface area contributed by atoms with Crippen LogP contribution in [0.1, 0.15) is 116 Å². The van der Waals surface area contributed by atoms with Crippen LogP contribution >= 0.6 is 0 Å². The highest BCUT2D eigenvalue weighted by molar-refractivity contribution is 5.53. The number of phenolic OH excluding ortho intramolecular Hbond substituents is 2. The van der Waals surface area contributed by atoms with Crippen LogP contribution in [0.2, 0.25) is 0 Å². The number of hydrogen-bond acceptors (Lipinski definition) is 2. The molecule has 0 saturated heterocycles. The highest BCUT2D eigenvalue weighted by atomic mass is 16.3. The Balaban J connectivity index is 2.69. The zero-order valence-electron chi connectivity index (χ0n) is 21.9. The van der Waals surface area contributed by atoms with Gasteiger partial charge in [0.05, 0.1) is 0 Å². The fourth-order valence-electron chi connectivity index (χ4n) is 4.24. The summed E-state index contributed by atoms with van der Waals surface area (Å²) in [7, 11) is 0. The van der Waals surface area contributed by atoms with Crippen LogP contribution in [-0.2, 0) is 28.1 Å². The fraction of sp³-hybridized carbons (Fsp3) is 0.586. The topological polar surface area (TPSA) is 40.5 Å². The molecule has 2 nitrogen and oxygen atoms in total. The van der Waals surface area contributed by atoms with Gasteiger partial charge in [0, 0.05) is 6.42 Å². The summed E-state index contributed by atoms with van der Waals surface area (Å²) in [6, 6.07) is 8.15. The maximum absolute atomic E-state index is 10.9. The van der Waals surface area contributed by atoms with Gasteiger partial charge >= 0.3 is 0 Å². The molecule has 2 heteroatoms. The minimum atomic E-state index is -0.0610. The fourth-order valence-corrected chi connectivity index (χ4v) is 4.24. The zero-order chi connectivity index (χ0) is 24.2. The first-order valence-corrected chi connectivity index (χ1v) is 11.5. The van der Waals surface area contributed by atoms with E-state index in [9.17, 15) is 10.2 Å². The molecule has 0 fully saturated rings. The molecule has 0 unspecified atom stereocenters. The van der Waals surface area contributed by atoms with Crippen molar-refractivity contribution < 1.29 is 10.2 Å². The number of aromatic hydroxyl groups is 2. The van der Waals surface area contributed by atoms with Gasteiger partial charge in [0.1, 0.15) is 11.5 Å². The summed E-state index contributed by atoms with van der Waals surface area (Å²) >= 11 is 0. The van der Waals surface area contributed by atoms with Crippen molar-refractivity contribution in [2.75, 3.05) is 0 Å². The van der Waals surface area contributed by atoms with E-state index in [2.05, 4.69) is 95.2 Å². The Morgan fingerprint density at radius 1 is 0.452 bits per heavy atom. The Labute approximate surface area is 190 Å². The minimum absolute atomic E-state index is 0.0419. The molecule has 31 heavy (non-hydrogen) atoms. The molecule has 172 valence electrons. The van der Waals surface area contributed by atoms with Crippen molar-refractivity contribution in [2.24, 2.45) is 0 Å². The van der Waals surface area contributed by atoms with Crippen molar-refractivity contribution in [1.29, 1.82) is 0 Å². The molecule has 0 radical (unpaired) electrons. The van der Waals surface area contributed by atoms with E-state index in [0.717, 1.165) is 11.1 Å². The van der Waals surface area contributed by atoms with Gasteiger partial charge in [-0.1, -0.05) is 95.2 Å². The Morgan fingerprint density at radius 2 is 0.677 bits per heavy atom. The average Bonchev–Trinajstić information content (AvgIpc) is 2.53. The van der Waals surface area contributed by atoms with Crippen LogP contribution in [0.4, 0.5) is 0 Å². The quantitative estimate of drug-likeness (QED) is 0.515. The Morgan fingerprint density at radius 3 is 0.903 bits per heavy atom. The molecule has 2 aromatic rings. The lowest BCUT2D eigenvalue weighted by atomic mass is 9.73. The van der Waals surface area contributed by atoms with Gasteiger partial charge in [0.15, 0.2) is 0 Å². The Bertz CT molecular complexity index is 873. The first-order chi connectivity index (χ1) is 13.7. The minimum Gasteiger partial charge on any atom is -0.508 e. The molecule has 0 aliphatic carbocycles. The molecule has 0 aliphatic rings. The summed E-state index contributed by atoms with van der Waals surface area (Å²) in [4.78, 5) is 0. The number of benzene rings is 2. The first kappa shape index (κ1) is 25.3. The van der Waals surface area contributed by atoms with E-state index in [4.69, 9.17) is 0 Å². The van der Waals surface area contributed by atoms with Gasteiger partial charge < -0.3 is 10.2 Å². The molecular formula is C29H44O2. The number of rotatable bonds is 2. The third kappa shape index (κ3) is 5.64. The van der Waals surface area contributed by atoms with E-state index in [-0.39, 0.29) is 21.7 Å². The molecular weight excluding hydrogens is 380 g/mol. The van der Waals surface area contributed by atoms with Gasteiger partial charge in [-0.2, -0.15) is 0 Å². The standard InChI is InChI=1S/C29H44O2/c1-26(2,3)20-14-18(24(30)16-22(20)28(7,8)9)13-19-15-21(27(4,5)6)23(17-25(19)31)29(10,11)12/h14-17,30-31H,13H2,1-12H3. The summed E-state index contributed by atoms with van der Waals surface area (Å²) in [5, 5.41) is 21.9. The van der Waals surface area contributed by atoms with Crippen LogP contribution in [0.15, 0.2) is 24.3 Å². The molecule has 0 bridgehead atoms. The van der Waals surface area contributed by atoms with Gasteiger partial charge in [-0.05, 0) is 67.2 Å². The normalized spacial score (nSPS) is 13.5. The summed E-state index contributed by atoms with van der Waals surface area (Å²) in [6.07, 6.45) is 0.499. The van der Waals surface area contributed by atoms with Crippen LogP contribution in [-0.4, -0.2) is 10.2 Å². The summed E-state index contributed by atoms with van der Waals surface area (Å²) in [6.45, 7) is 26.4. The SMILES string of the molecule is CC(C)(C)c1cc(O)c(Cc2cc(C(C)(C)C)c(C(C)(C)C)cc2O)cc1C(C)(C)C. The van der Waals surface area contributed by atoms with E-state index >= 15 is 0 Å². The summed E-state index contributed by atoms with van der Waals surface area (Å²) in [5.41, 5.74) is 6.34. The molecule has 0 spiro atoms. The second-order valence-electron chi connectivity index (χ2n) is 13.2. The Hall–Kier alpha value is -1.96. The van der Waals surface area contributed by atoms with E-state index < -0.39 is 0 Å². The molecule has 0 heterocycles. The van der Waals surface area contributed by atoms with E-state index in [0.29, 0.717) is 17.9 Å². The lowest BCUT2D eigenvalue weighted by molar-refractivity contribution is 0.453. The maximum Gasteiger partial charge on any atom is 0.119 e. The Kier molecular flexibility index (Phi) is 6.42. The molecule has 0 saturated carbocycles. The predicted octanol–water partition coefficient (Wildman–Crippen LogP) is 7.88. The third-order valence-corrected chi connectivity index (χ3v) is 6.05. The predicted molar refractivity (Wildman–Crippen MR) is 134 cm³/mol. The average molecular weight is 425 g/mol. The van der Waals surface area contributed by atoms with E-state index in [1.165, 1.54) is 22.3 Å². The van der Waals surface area contributed by atoms with E-state index in [1.54, 1.807) is 0 Å². The van der Waals surface area contributed by atoms with Crippen molar-refractivity contribution in [1.82, 2.24) is 0 Å². The molecule has 0 atom stereocenters. The monoisotopic (exact) mass is 424 g/mol. The van der Waals surface area contributed by atoms with Crippen molar-refractivity contribution in [2.45, 2.75) is 111 Å². The van der Waals surface area contributed by atoms with Gasteiger partial charge in [0.25, 0.3) is 0 Å². The lowest BCUT2D eigenvalue weighted by Gasteiger charge is -2.32. The smallest absolute Gasteiger partial charge is 0.119 e. The van der Waals surface area contributed by atoms with Crippen LogP contribution < -0.4 is 0 Å². The third-order valence-electron chi connectivity index (χ3n) is 6.05. The van der Waals surface area contributed by atoms with Gasteiger partial charge in [-0.15, -0.1) is 0 Å². The lowest BCUT2D eigenvalue weighted by Crippen LogP contribution is -2.23. The summed E-state index contributed by atoms with van der Waals surface area (Å²) in [5.74, 6) is 0.601. The molecule has 2 aromatic carbocycles. The molecule has 2 N–H and O–H groups in total. The van der Waals surface area contributed by atoms with Crippen molar-refractivity contribution in [3.63, 3.8) is 0 Å². The van der Waals surface area contributed by atoms with Crippen molar-refractivity contribution in [3.8, 4) is 11.5 Å². The molecule has 0 amide bonds. The van der Waals surface area contributed by atoms with Gasteiger partial charge in [-0.3, -0.25) is 0 Å². The van der Waals surface area contributed by atoms with Crippen LogP contribution in [0, 0.1) is 0 Å². The second-order valence-corrected chi connectivity index (χ2v) is 13.2. The van der Waals surface area contributed by atoms with Crippen LogP contribution in [0.3, 0.4) is 0 Å².